The first-order valence-electron chi connectivity index (χ1n) is 22.9. The number of benzene rings is 2. The zero-order valence-electron chi connectivity index (χ0n) is 35.9. The van der Waals surface area contributed by atoms with Crippen molar-refractivity contribution in [3.8, 4) is 11.5 Å². The standard InChI is InChI=1S/C25H33N3O2.C25H35N3O2/c1-2-13-26-24(6-1)27-19-25(11-14-29-15-12-25)21-7-9-23(10-8-21)30-18-20-16-28(17-20)22-4-3-5-22;1-28(22-6-4-7-22)16-5-17-30-23-11-9-21(10-12-23)25(13-18-29-19-14-25)20-27-24-8-2-3-15-26-24/h1-2,6-10,13,20,22H,3-5,11-12,14-19H2,(H,26,27);2-3,8-12,15,22H,4-7,13-14,16-20H2,1H3,(H,26,27). The van der Waals surface area contributed by atoms with Crippen molar-refractivity contribution in [2.24, 2.45) is 5.92 Å². The van der Waals surface area contributed by atoms with Crippen molar-refractivity contribution in [3.05, 3.63) is 108 Å². The second-order valence-corrected chi connectivity index (χ2v) is 18.0. The highest BCUT2D eigenvalue weighted by Gasteiger charge is 2.37. The topological polar surface area (TPSA) is 93.2 Å². The molecule has 322 valence electrons. The number of likely N-dealkylation sites (tertiary alicyclic amines) is 1. The van der Waals surface area contributed by atoms with Gasteiger partial charge in [0.25, 0.3) is 0 Å². The fourth-order valence-electron chi connectivity index (χ4n) is 9.42. The Morgan fingerprint density at radius 3 is 1.63 bits per heavy atom. The second kappa shape index (κ2) is 21.0. The van der Waals surface area contributed by atoms with Crippen LogP contribution in [0.2, 0.25) is 0 Å². The molecule has 2 N–H and O–H groups in total. The van der Waals surface area contributed by atoms with Crippen LogP contribution < -0.4 is 20.1 Å². The highest BCUT2D eigenvalue weighted by molar-refractivity contribution is 5.40. The van der Waals surface area contributed by atoms with Crippen LogP contribution in [0, 0.1) is 5.92 Å². The maximum absolute atomic E-state index is 6.12. The average molecular weight is 817 g/mol. The molecule has 5 heterocycles. The molecule has 9 rings (SSSR count). The van der Waals surface area contributed by atoms with Crippen molar-refractivity contribution in [3.63, 3.8) is 0 Å². The molecule has 4 aromatic rings. The van der Waals surface area contributed by atoms with Crippen LogP contribution in [0.5, 0.6) is 11.5 Å². The first-order chi connectivity index (χ1) is 29.6. The zero-order chi connectivity index (χ0) is 40.9. The number of nitrogens with zero attached hydrogens (tertiary/aromatic N) is 4. The van der Waals surface area contributed by atoms with Gasteiger partial charge in [0.05, 0.1) is 13.2 Å². The third kappa shape index (κ3) is 11.2. The maximum atomic E-state index is 6.12. The van der Waals surface area contributed by atoms with E-state index in [0.29, 0.717) is 5.92 Å². The Morgan fingerprint density at radius 2 is 1.18 bits per heavy atom. The van der Waals surface area contributed by atoms with Crippen molar-refractivity contribution in [2.45, 2.75) is 93.5 Å². The predicted molar refractivity (Wildman–Crippen MR) is 240 cm³/mol. The van der Waals surface area contributed by atoms with E-state index in [0.717, 1.165) is 127 Å². The summed E-state index contributed by atoms with van der Waals surface area (Å²) in [6, 6.07) is 31.2. The molecule has 0 atom stereocenters. The fraction of sp³-hybridized carbons (Fsp3) is 0.560. The summed E-state index contributed by atoms with van der Waals surface area (Å²) >= 11 is 0. The Hall–Kier alpha value is -4.22. The van der Waals surface area contributed by atoms with Crippen LogP contribution in [0.15, 0.2) is 97.3 Å². The predicted octanol–water partition coefficient (Wildman–Crippen LogP) is 8.60. The summed E-state index contributed by atoms with van der Waals surface area (Å²) < 4.78 is 23.5. The molecule has 2 aliphatic carbocycles. The van der Waals surface area contributed by atoms with Gasteiger partial charge in [0.2, 0.25) is 0 Å². The first kappa shape index (κ1) is 42.5. The summed E-state index contributed by atoms with van der Waals surface area (Å²) in [5, 5.41) is 7.08. The Morgan fingerprint density at radius 1 is 0.667 bits per heavy atom. The minimum Gasteiger partial charge on any atom is -0.494 e. The Balaban J connectivity index is 0.000000166. The van der Waals surface area contributed by atoms with E-state index in [9.17, 15) is 0 Å². The Labute approximate surface area is 358 Å². The van der Waals surface area contributed by atoms with Crippen LogP contribution >= 0.6 is 0 Å². The molecule has 2 saturated carbocycles. The van der Waals surface area contributed by atoms with Gasteiger partial charge in [0.15, 0.2) is 0 Å². The van der Waals surface area contributed by atoms with Gasteiger partial charge in [-0.1, -0.05) is 49.2 Å². The molecule has 5 aliphatic rings. The lowest BCUT2D eigenvalue weighted by Crippen LogP contribution is -2.55. The van der Waals surface area contributed by atoms with E-state index in [1.807, 2.05) is 48.8 Å². The van der Waals surface area contributed by atoms with Crippen LogP contribution in [0.25, 0.3) is 0 Å². The highest BCUT2D eigenvalue weighted by atomic mass is 16.5. The van der Waals surface area contributed by atoms with E-state index >= 15 is 0 Å². The molecule has 0 spiro atoms. The highest BCUT2D eigenvalue weighted by Crippen LogP contribution is 2.38. The van der Waals surface area contributed by atoms with Crippen molar-refractivity contribution in [1.82, 2.24) is 19.8 Å². The van der Waals surface area contributed by atoms with E-state index in [1.54, 1.807) is 0 Å². The Kier molecular flexibility index (Phi) is 14.9. The maximum Gasteiger partial charge on any atom is 0.125 e. The lowest BCUT2D eigenvalue weighted by molar-refractivity contribution is -0.00244. The van der Waals surface area contributed by atoms with E-state index < -0.39 is 0 Å². The summed E-state index contributed by atoms with van der Waals surface area (Å²) in [6.45, 7) is 10.1. The number of pyridine rings is 2. The van der Waals surface area contributed by atoms with Gasteiger partial charge in [-0.15, -0.1) is 0 Å². The molecule has 0 unspecified atom stereocenters. The first-order valence-corrected chi connectivity index (χ1v) is 22.9. The smallest absolute Gasteiger partial charge is 0.125 e. The molecule has 0 bridgehead atoms. The monoisotopic (exact) mass is 817 g/mol. The summed E-state index contributed by atoms with van der Waals surface area (Å²) in [7, 11) is 2.24. The normalized spacial score (nSPS) is 20.4. The third-order valence-electron chi connectivity index (χ3n) is 14.1. The van der Waals surface area contributed by atoms with Crippen LogP contribution in [-0.4, -0.2) is 111 Å². The van der Waals surface area contributed by atoms with Crippen LogP contribution in [0.4, 0.5) is 11.6 Å². The lowest BCUT2D eigenvalue weighted by Gasteiger charge is -2.47. The summed E-state index contributed by atoms with van der Waals surface area (Å²) in [4.78, 5) is 13.9. The van der Waals surface area contributed by atoms with Crippen LogP contribution in [-0.2, 0) is 20.3 Å². The molecule has 2 aromatic carbocycles. The number of anilines is 2. The molecule has 10 nitrogen and oxygen atoms in total. The molecule has 2 aromatic heterocycles. The molecular formula is C50H68N6O4. The summed E-state index contributed by atoms with van der Waals surface area (Å²) in [5.41, 5.74) is 2.86. The fourth-order valence-corrected chi connectivity index (χ4v) is 9.42. The average Bonchev–Trinajstić information content (AvgIpc) is 3.25. The van der Waals surface area contributed by atoms with Crippen LogP contribution in [0.1, 0.15) is 81.8 Å². The lowest BCUT2D eigenvalue weighted by atomic mass is 9.74. The molecular weight excluding hydrogens is 749 g/mol. The number of ether oxygens (including phenoxy) is 4. The van der Waals surface area contributed by atoms with Crippen molar-refractivity contribution in [2.75, 3.05) is 90.0 Å². The van der Waals surface area contributed by atoms with Gasteiger partial charge in [-0.25, -0.2) is 9.97 Å². The van der Waals surface area contributed by atoms with Crippen molar-refractivity contribution < 1.29 is 18.9 Å². The number of aromatic nitrogens is 2. The van der Waals surface area contributed by atoms with E-state index in [4.69, 9.17) is 18.9 Å². The number of hydrogen-bond donors (Lipinski definition) is 2. The molecule has 60 heavy (non-hydrogen) atoms. The SMILES string of the molecule is CN(CCCOc1ccc(C2(CNc3ccccn3)CCOCC2)cc1)C1CCC1.c1ccc(NCC2(c3ccc(OCC4CN(C5CCC5)C4)cc3)CCOCC2)nc1. The Bertz CT molecular complexity index is 1810. The molecule has 10 heteroatoms. The zero-order valence-corrected chi connectivity index (χ0v) is 35.9. The van der Waals surface area contributed by atoms with Gasteiger partial charge in [-0.3, -0.25) is 4.90 Å². The number of rotatable bonds is 18. The molecule has 0 amide bonds. The minimum absolute atomic E-state index is 0.0692. The second-order valence-electron chi connectivity index (χ2n) is 18.0. The number of hydrogen-bond acceptors (Lipinski definition) is 10. The third-order valence-corrected chi connectivity index (χ3v) is 14.1. The van der Waals surface area contributed by atoms with Crippen molar-refractivity contribution >= 4 is 11.6 Å². The molecule has 3 saturated heterocycles. The van der Waals surface area contributed by atoms with Gasteiger partial charge in [0, 0.05) is 100 Å². The number of nitrogens with one attached hydrogen (secondary N) is 2. The van der Waals surface area contributed by atoms with Gasteiger partial charge < -0.3 is 34.5 Å². The minimum atomic E-state index is 0.0692. The molecule has 3 aliphatic heterocycles. The van der Waals surface area contributed by atoms with Gasteiger partial charge >= 0.3 is 0 Å². The molecule has 5 fully saturated rings. The molecule has 0 radical (unpaired) electrons. The van der Waals surface area contributed by atoms with Crippen LogP contribution in [0.3, 0.4) is 0 Å². The van der Waals surface area contributed by atoms with Gasteiger partial charge in [0.1, 0.15) is 23.1 Å². The van der Waals surface area contributed by atoms with E-state index in [1.165, 1.54) is 62.7 Å². The summed E-state index contributed by atoms with van der Waals surface area (Å²) in [6.07, 6.45) is 17.1. The van der Waals surface area contributed by atoms with E-state index in [-0.39, 0.29) is 10.8 Å². The van der Waals surface area contributed by atoms with Gasteiger partial charge in [-0.05, 0) is 124 Å². The quantitative estimate of drug-likeness (QED) is 0.0952. The largest absolute Gasteiger partial charge is 0.494 e. The summed E-state index contributed by atoms with van der Waals surface area (Å²) in [5.74, 6) is 4.50. The van der Waals surface area contributed by atoms with Crippen molar-refractivity contribution in [1.29, 1.82) is 0 Å². The van der Waals surface area contributed by atoms with E-state index in [2.05, 4.69) is 86.0 Å². The van der Waals surface area contributed by atoms with Gasteiger partial charge in [-0.2, -0.15) is 0 Å².